The van der Waals surface area contributed by atoms with Crippen LogP contribution in [0.5, 0.6) is 0 Å². The van der Waals surface area contributed by atoms with Crippen molar-refractivity contribution in [2.45, 2.75) is 32.6 Å². The quantitative estimate of drug-likeness (QED) is 0.839. The molecule has 1 atom stereocenters. The van der Waals surface area contributed by atoms with E-state index < -0.39 is 5.97 Å². The monoisotopic (exact) mass is 274 g/mol. The van der Waals surface area contributed by atoms with E-state index in [0.29, 0.717) is 18.1 Å². The van der Waals surface area contributed by atoms with Gasteiger partial charge >= 0.3 is 5.97 Å². The van der Waals surface area contributed by atoms with Crippen molar-refractivity contribution in [1.29, 1.82) is 0 Å². The van der Waals surface area contributed by atoms with Crippen molar-refractivity contribution in [3.63, 3.8) is 0 Å². The number of aromatic nitrogens is 2. The molecule has 1 heterocycles. The van der Waals surface area contributed by atoms with Crippen LogP contribution in [0.4, 0.5) is 0 Å². The van der Waals surface area contributed by atoms with Gasteiger partial charge in [0.25, 0.3) is 0 Å². The van der Waals surface area contributed by atoms with Crippen molar-refractivity contribution in [3.8, 4) is 0 Å². The number of nitrogens with zero attached hydrogens (tertiary/aromatic N) is 2. The largest absolute Gasteiger partial charge is 0.481 e. The van der Waals surface area contributed by atoms with E-state index in [9.17, 15) is 4.79 Å². The molecule has 5 nitrogen and oxygen atoms in total. The molecule has 0 aliphatic rings. The van der Waals surface area contributed by atoms with Gasteiger partial charge in [-0.3, -0.25) is 4.79 Å². The molecule has 0 saturated carbocycles. The van der Waals surface area contributed by atoms with Gasteiger partial charge in [-0.1, -0.05) is 42.4 Å². The van der Waals surface area contributed by atoms with Gasteiger partial charge < -0.3 is 9.63 Å². The van der Waals surface area contributed by atoms with E-state index in [1.807, 2.05) is 25.1 Å². The summed E-state index contributed by atoms with van der Waals surface area (Å²) < 4.78 is 5.15. The Bertz CT molecular complexity index is 551. The molecule has 0 aliphatic heterocycles. The average molecular weight is 274 g/mol. The Labute approximate surface area is 117 Å². The number of carbonyl (C=O) groups is 1. The van der Waals surface area contributed by atoms with Crippen LogP contribution in [-0.2, 0) is 24.1 Å². The summed E-state index contributed by atoms with van der Waals surface area (Å²) >= 11 is 0. The van der Waals surface area contributed by atoms with Crippen LogP contribution in [0.15, 0.2) is 34.9 Å². The second-order valence-corrected chi connectivity index (χ2v) is 5.00. The van der Waals surface area contributed by atoms with Crippen molar-refractivity contribution < 1.29 is 14.4 Å². The smallest absolute Gasteiger partial charge is 0.303 e. The van der Waals surface area contributed by atoms with Crippen LogP contribution >= 0.6 is 0 Å². The van der Waals surface area contributed by atoms with Crippen molar-refractivity contribution in [1.82, 2.24) is 10.1 Å². The molecule has 1 unspecified atom stereocenters. The third-order valence-corrected chi connectivity index (χ3v) is 3.04. The first-order chi connectivity index (χ1) is 9.63. The first kappa shape index (κ1) is 14.2. The minimum atomic E-state index is -0.804. The molecule has 0 bridgehead atoms. The summed E-state index contributed by atoms with van der Waals surface area (Å²) in [5.74, 6) is 0.379. The number of aliphatic carboxylic acids is 1. The fraction of sp³-hybridized carbons (Fsp3) is 0.400. The van der Waals surface area contributed by atoms with Gasteiger partial charge in [0.15, 0.2) is 5.82 Å². The van der Waals surface area contributed by atoms with Gasteiger partial charge in [0.05, 0.1) is 0 Å². The van der Waals surface area contributed by atoms with Gasteiger partial charge in [0.1, 0.15) is 0 Å². The Morgan fingerprint density at radius 3 is 2.75 bits per heavy atom. The third kappa shape index (κ3) is 4.50. The van der Waals surface area contributed by atoms with Crippen molar-refractivity contribution in [3.05, 3.63) is 47.6 Å². The maximum absolute atomic E-state index is 10.6. The number of rotatable bonds is 7. The van der Waals surface area contributed by atoms with Gasteiger partial charge in [0, 0.05) is 19.3 Å². The number of carboxylic acids is 1. The van der Waals surface area contributed by atoms with Crippen LogP contribution in [0.1, 0.15) is 30.6 Å². The van der Waals surface area contributed by atoms with Gasteiger partial charge in [-0.05, 0) is 17.9 Å². The van der Waals surface area contributed by atoms with Crippen LogP contribution in [0, 0.1) is 5.92 Å². The molecule has 2 aromatic rings. The number of hydrogen-bond donors (Lipinski definition) is 1. The fourth-order valence-electron chi connectivity index (χ4n) is 2.04. The lowest BCUT2D eigenvalue weighted by molar-refractivity contribution is -0.137. The molecule has 106 valence electrons. The standard InChI is InChI=1S/C15H18N2O3/c1-11(10-15(18)19)9-14-16-13(17-20-14)8-7-12-5-3-2-4-6-12/h2-6,11H,7-10H2,1H3,(H,18,19). The highest BCUT2D eigenvalue weighted by atomic mass is 16.5. The van der Waals surface area contributed by atoms with E-state index >= 15 is 0 Å². The maximum Gasteiger partial charge on any atom is 0.303 e. The molecule has 0 aliphatic carbocycles. The van der Waals surface area contributed by atoms with Gasteiger partial charge in [-0.25, -0.2) is 0 Å². The zero-order valence-electron chi connectivity index (χ0n) is 11.5. The molecule has 20 heavy (non-hydrogen) atoms. The molecule has 0 saturated heterocycles. The summed E-state index contributed by atoms with van der Waals surface area (Å²) in [6, 6.07) is 10.1. The minimum absolute atomic E-state index is 0.00470. The van der Waals surface area contributed by atoms with Crippen LogP contribution in [-0.4, -0.2) is 21.2 Å². The summed E-state index contributed by atoms with van der Waals surface area (Å²) in [5, 5.41) is 12.6. The predicted octanol–water partition coefficient (Wildman–Crippen LogP) is 2.51. The predicted molar refractivity (Wildman–Crippen MR) is 73.3 cm³/mol. The Balaban J connectivity index is 1.84. The zero-order valence-corrected chi connectivity index (χ0v) is 11.5. The summed E-state index contributed by atoms with van der Waals surface area (Å²) in [4.78, 5) is 14.9. The molecule has 0 fully saturated rings. The molecule has 0 amide bonds. The Morgan fingerprint density at radius 1 is 1.30 bits per heavy atom. The second kappa shape index (κ2) is 6.84. The van der Waals surface area contributed by atoms with Crippen molar-refractivity contribution in [2.24, 2.45) is 5.92 Å². The Hall–Kier alpha value is -2.17. The highest BCUT2D eigenvalue weighted by Crippen LogP contribution is 2.11. The highest BCUT2D eigenvalue weighted by molar-refractivity contribution is 5.66. The number of hydrogen-bond acceptors (Lipinski definition) is 4. The minimum Gasteiger partial charge on any atom is -0.481 e. The van der Waals surface area contributed by atoms with E-state index in [4.69, 9.17) is 9.63 Å². The highest BCUT2D eigenvalue weighted by Gasteiger charge is 2.13. The topological polar surface area (TPSA) is 76.2 Å². The van der Waals surface area contributed by atoms with Gasteiger partial charge in [0.2, 0.25) is 5.89 Å². The lowest BCUT2D eigenvalue weighted by atomic mass is 10.0. The van der Waals surface area contributed by atoms with E-state index in [0.717, 1.165) is 12.8 Å². The number of carboxylic acid groups (broad SMARTS) is 1. The van der Waals surface area contributed by atoms with Crippen LogP contribution < -0.4 is 0 Å². The molecule has 1 aromatic heterocycles. The molecule has 1 aromatic carbocycles. The molecule has 1 N–H and O–H groups in total. The molecular weight excluding hydrogens is 256 g/mol. The molecule has 0 spiro atoms. The molecule has 5 heteroatoms. The van der Waals surface area contributed by atoms with E-state index in [-0.39, 0.29) is 12.3 Å². The SMILES string of the molecule is CC(CC(=O)O)Cc1nc(CCc2ccccc2)no1. The second-order valence-electron chi connectivity index (χ2n) is 5.00. The summed E-state index contributed by atoms with van der Waals surface area (Å²) in [6.07, 6.45) is 2.21. The zero-order chi connectivity index (χ0) is 14.4. The molecule has 2 rings (SSSR count). The number of aryl methyl sites for hydroxylation is 2. The summed E-state index contributed by atoms with van der Waals surface area (Å²) in [7, 11) is 0. The molecular formula is C15H18N2O3. The first-order valence-corrected chi connectivity index (χ1v) is 6.70. The van der Waals surface area contributed by atoms with Gasteiger partial charge in [-0.2, -0.15) is 4.98 Å². The lowest BCUT2D eigenvalue weighted by Crippen LogP contribution is -2.07. The van der Waals surface area contributed by atoms with Crippen LogP contribution in [0.3, 0.4) is 0 Å². The Morgan fingerprint density at radius 2 is 2.05 bits per heavy atom. The van der Waals surface area contributed by atoms with Crippen LogP contribution in [0.25, 0.3) is 0 Å². The van der Waals surface area contributed by atoms with Crippen molar-refractivity contribution >= 4 is 5.97 Å². The average Bonchev–Trinajstić information content (AvgIpc) is 2.84. The fourth-order valence-corrected chi connectivity index (χ4v) is 2.04. The Kier molecular flexibility index (Phi) is 4.87. The summed E-state index contributed by atoms with van der Waals surface area (Å²) in [6.45, 7) is 1.86. The van der Waals surface area contributed by atoms with Crippen molar-refractivity contribution in [2.75, 3.05) is 0 Å². The normalized spacial score (nSPS) is 12.2. The van der Waals surface area contributed by atoms with E-state index in [1.165, 1.54) is 5.56 Å². The van der Waals surface area contributed by atoms with E-state index in [1.54, 1.807) is 0 Å². The van der Waals surface area contributed by atoms with E-state index in [2.05, 4.69) is 22.3 Å². The maximum atomic E-state index is 10.6. The molecule has 0 radical (unpaired) electrons. The van der Waals surface area contributed by atoms with Gasteiger partial charge in [-0.15, -0.1) is 0 Å². The van der Waals surface area contributed by atoms with Crippen LogP contribution in [0.2, 0.25) is 0 Å². The third-order valence-electron chi connectivity index (χ3n) is 3.04. The first-order valence-electron chi connectivity index (χ1n) is 6.70. The summed E-state index contributed by atoms with van der Waals surface area (Å²) in [5.41, 5.74) is 1.23. The lowest BCUT2D eigenvalue weighted by Gasteiger charge is -2.03. The number of benzene rings is 1.